The predicted molar refractivity (Wildman–Crippen MR) is 126 cm³/mol. The quantitative estimate of drug-likeness (QED) is 0.435. The molecular weight excluding hydrogens is 452 g/mol. The Labute approximate surface area is 208 Å². The molecule has 5 saturated heterocycles. The first-order valence-electron chi connectivity index (χ1n) is 13.0. The first-order valence-corrected chi connectivity index (χ1v) is 13.0. The Morgan fingerprint density at radius 2 is 1.69 bits per heavy atom. The van der Waals surface area contributed by atoms with E-state index >= 15 is 0 Å². The molecule has 0 spiro atoms. The molecule has 0 aromatic rings. The lowest BCUT2D eigenvalue weighted by Gasteiger charge is -2.43. The van der Waals surface area contributed by atoms with Crippen molar-refractivity contribution in [2.75, 3.05) is 32.7 Å². The van der Waals surface area contributed by atoms with Crippen molar-refractivity contribution < 1.29 is 33.4 Å². The summed E-state index contributed by atoms with van der Waals surface area (Å²) in [5.74, 6) is -1.13. The molecule has 5 rings (SSSR count). The largest absolute Gasteiger partial charge is 0.463 e. The lowest BCUT2D eigenvalue weighted by Crippen LogP contribution is -2.59. The summed E-state index contributed by atoms with van der Waals surface area (Å²) < 4.78 is 32.9. The zero-order chi connectivity index (χ0) is 25.0. The van der Waals surface area contributed by atoms with Crippen LogP contribution in [-0.4, -0.2) is 107 Å². The van der Waals surface area contributed by atoms with Crippen LogP contribution in [0.3, 0.4) is 0 Å². The van der Waals surface area contributed by atoms with Crippen LogP contribution in [0.15, 0.2) is 0 Å². The molecule has 6 atom stereocenters. The molecule has 5 fully saturated rings. The highest BCUT2D eigenvalue weighted by Crippen LogP contribution is 2.44. The molecule has 0 bridgehead atoms. The summed E-state index contributed by atoms with van der Waals surface area (Å²) in [6.07, 6.45) is 2.28. The molecule has 0 amide bonds. The van der Waals surface area contributed by atoms with E-state index in [1.807, 2.05) is 32.3 Å². The van der Waals surface area contributed by atoms with E-state index in [1.54, 1.807) is 0 Å². The average molecular weight is 494 g/mol. The number of aliphatic hydroxyl groups is 1. The number of piperidine rings is 1. The highest BCUT2D eigenvalue weighted by Gasteiger charge is 2.60. The van der Waals surface area contributed by atoms with Gasteiger partial charge in [0.1, 0.15) is 43.6 Å². The van der Waals surface area contributed by atoms with Gasteiger partial charge < -0.3 is 33.7 Å². The molecule has 0 aromatic heterocycles. The second-order valence-electron chi connectivity index (χ2n) is 11.8. The van der Waals surface area contributed by atoms with Gasteiger partial charge in [0.25, 0.3) is 0 Å². The van der Waals surface area contributed by atoms with Crippen LogP contribution >= 0.6 is 0 Å². The maximum absolute atomic E-state index is 10.6. The van der Waals surface area contributed by atoms with Gasteiger partial charge in [-0.05, 0) is 60.5 Å². The standard InChI is InChI=1S/C25H40N4O6/c1-23(2)32-19-17(31-22-21(20(19)33-23)34-24(3,4)35-22)15-28-11-8-25(5,9-12-28)27-14-18(30)29-10-6-7-16(29)13-26/h16-17,19-22,27H,6-12,14-15H2,1-5H3/p+1/t16-,17+,19-,20-,21+,22+/m0/s1. The average Bonchev–Trinajstić information content (AvgIpc) is 3.47. The predicted octanol–water partition coefficient (Wildman–Crippen LogP) is 1.48. The van der Waals surface area contributed by atoms with Crippen LogP contribution in [-0.2, 0) is 23.7 Å². The number of nitrogens with one attached hydrogen (secondary N) is 1. The van der Waals surface area contributed by atoms with E-state index in [-0.39, 0.29) is 41.9 Å². The van der Waals surface area contributed by atoms with Gasteiger partial charge in [-0.1, -0.05) is 0 Å². The fourth-order valence-electron chi connectivity index (χ4n) is 6.10. The SMILES string of the molecule is CC1(NCC(O)=[N+]2CCC[C@H]2C#N)CCN(C[C@H]2O[C@@H]3OC(C)(C)O[C@@H]3[C@H]3OC(C)(C)O[C@H]32)CC1. The minimum Gasteiger partial charge on any atom is -0.463 e. The molecule has 0 aromatic carbocycles. The van der Waals surface area contributed by atoms with Crippen LogP contribution in [0.25, 0.3) is 0 Å². The minimum absolute atomic E-state index is 0.0746. The van der Waals surface area contributed by atoms with Crippen molar-refractivity contribution in [3.05, 3.63) is 0 Å². The van der Waals surface area contributed by atoms with Gasteiger partial charge in [-0.3, -0.25) is 5.32 Å². The van der Waals surface area contributed by atoms with E-state index in [1.165, 1.54) is 0 Å². The molecule has 10 heteroatoms. The Hall–Kier alpha value is -1.32. The molecule has 5 heterocycles. The van der Waals surface area contributed by atoms with E-state index in [4.69, 9.17) is 23.7 Å². The second kappa shape index (κ2) is 9.21. The number of rotatable bonds is 5. The molecule has 35 heavy (non-hydrogen) atoms. The van der Waals surface area contributed by atoms with Crippen molar-refractivity contribution >= 4 is 5.90 Å². The summed E-state index contributed by atoms with van der Waals surface area (Å²) in [4.78, 5) is 2.41. The van der Waals surface area contributed by atoms with Crippen LogP contribution in [0.1, 0.15) is 60.3 Å². The molecule has 0 saturated carbocycles. The molecule has 196 valence electrons. The van der Waals surface area contributed by atoms with Crippen molar-refractivity contribution in [3.8, 4) is 6.07 Å². The summed E-state index contributed by atoms with van der Waals surface area (Å²) in [6, 6.07) is 2.08. The number of aliphatic hydroxyl groups excluding tert-OH is 1. The first kappa shape index (κ1) is 25.3. The number of nitriles is 1. The van der Waals surface area contributed by atoms with Gasteiger partial charge in [0.15, 0.2) is 17.9 Å². The lowest BCUT2D eigenvalue weighted by molar-refractivity contribution is -0.538. The summed E-state index contributed by atoms with van der Waals surface area (Å²) in [6.45, 7) is 13.6. The molecule has 2 N–H and O–H groups in total. The van der Waals surface area contributed by atoms with E-state index in [2.05, 4.69) is 23.2 Å². The normalized spacial score (nSPS) is 41.3. The first-order chi connectivity index (χ1) is 16.5. The van der Waals surface area contributed by atoms with Gasteiger partial charge in [0.05, 0.1) is 0 Å². The van der Waals surface area contributed by atoms with E-state index in [9.17, 15) is 10.4 Å². The highest BCUT2D eigenvalue weighted by atomic mass is 16.9. The van der Waals surface area contributed by atoms with Gasteiger partial charge in [-0.2, -0.15) is 9.84 Å². The second-order valence-corrected chi connectivity index (χ2v) is 11.8. The van der Waals surface area contributed by atoms with Crippen LogP contribution in [0.5, 0.6) is 0 Å². The van der Waals surface area contributed by atoms with E-state index in [0.29, 0.717) is 6.54 Å². The number of likely N-dealkylation sites (tertiary alicyclic amines) is 1. The van der Waals surface area contributed by atoms with E-state index in [0.717, 1.165) is 51.9 Å². The number of nitrogens with zero attached hydrogens (tertiary/aromatic N) is 3. The van der Waals surface area contributed by atoms with Gasteiger partial charge in [-0.15, -0.1) is 0 Å². The number of ether oxygens (including phenoxy) is 5. The number of fused-ring (bicyclic) bond motifs is 3. The molecule has 5 aliphatic heterocycles. The van der Waals surface area contributed by atoms with Gasteiger partial charge >= 0.3 is 5.90 Å². The van der Waals surface area contributed by atoms with Crippen molar-refractivity contribution in [1.82, 2.24) is 10.2 Å². The van der Waals surface area contributed by atoms with Crippen LogP contribution in [0, 0.1) is 11.3 Å². The van der Waals surface area contributed by atoms with Crippen LogP contribution < -0.4 is 5.32 Å². The maximum atomic E-state index is 10.6. The van der Waals surface area contributed by atoms with Gasteiger partial charge in [-0.25, -0.2) is 0 Å². The topological polar surface area (TPSA) is 108 Å². The lowest BCUT2D eigenvalue weighted by atomic mass is 9.89. The zero-order valence-corrected chi connectivity index (χ0v) is 21.7. The summed E-state index contributed by atoms with van der Waals surface area (Å²) >= 11 is 0. The van der Waals surface area contributed by atoms with Crippen molar-refractivity contribution in [1.29, 1.82) is 5.26 Å². The van der Waals surface area contributed by atoms with Crippen molar-refractivity contribution in [2.24, 2.45) is 0 Å². The fourth-order valence-corrected chi connectivity index (χ4v) is 6.10. The van der Waals surface area contributed by atoms with Crippen LogP contribution in [0.2, 0.25) is 0 Å². The Kier molecular flexibility index (Phi) is 6.67. The Balaban J connectivity index is 1.17. The third-order valence-corrected chi connectivity index (χ3v) is 8.06. The molecule has 0 unspecified atom stereocenters. The summed E-state index contributed by atoms with van der Waals surface area (Å²) in [5.41, 5.74) is -0.0746. The third kappa shape index (κ3) is 5.23. The molecular formula is C25H41N4O6+. The molecule has 5 aliphatic rings. The van der Waals surface area contributed by atoms with Crippen LogP contribution in [0.4, 0.5) is 0 Å². The Morgan fingerprint density at radius 1 is 1.03 bits per heavy atom. The minimum atomic E-state index is -0.714. The third-order valence-electron chi connectivity index (χ3n) is 8.06. The monoisotopic (exact) mass is 493 g/mol. The summed E-state index contributed by atoms with van der Waals surface area (Å²) in [7, 11) is 0. The van der Waals surface area contributed by atoms with Crippen molar-refractivity contribution in [2.45, 2.75) is 114 Å². The summed E-state index contributed by atoms with van der Waals surface area (Å²) in [5, 5.41) is 23.4. The molecule has 0 radical (unpaired) electrons. The van der Waals surface area contributed by atoms with Gasteiger partial charge in [0.2, 0.25) is 6.04 Å². The Bertz CT molecular complexity index is 878. The molecule has 0 aliphatic carbocycles. The Morgan fingerprint density at radius 3 is 2.40 bits per heavy atom. The zero-order valence-electron chi connectivity index (χ0n) is 21.7. The maximum Gasteiger partial charge on any atom is 0.349 e. The van der Waals surface area contributed by atoms with Gasteiger partial charge in [0, 0.05) is 24.9 Å². The smallest absolute Gasteiger partial charge is 0.349 e. The number of hydrogen-bond acceptors (Lipinski definition) is 8. The fraction of sp³-hybridized carbons (Fsp3) is 0.920. The number of hydrogen-bond donors (Lipinski definition) is 2. The van der Waals surface area contributed by atoms with Crippen molar-refractivity contribution in [3.63, 3.8) is 0 Å². The van der Waals surface area contributed by atoms with E-state index < -0.39 is 17.9 Å². The molecule has 10 nitrogen and oxygen atoms in total. The highest BCUT2D eigenvalue weighted by molar-refractivity contribution is 5.71.